The molecule has 2 aromatic rings. The summed E-state index contributed by atoms with van der Waals surface area (Å²) in [6.45, 7) is 4.61. The van der Waals surface area contributed by atoms with Crippen LogP contribution in [0, 0.1) is 0 Å². The highest BCUT2D eigenvalue weighted by atomic mass is 16.6. The number of carbonyl (C=O) groups excluding carboxylic acids is 1. The highest BCUT2D eigenvalue weighted by molar-refractivity contribution is 5.67. The number of alkyl carbamates (subject to hydrolysis) is 1. The molecule has 1 amide bonds. The minimum Gasteiger partial charge on any atom is -0.441 e. The molecule has 4 rings (SSSR count). The van der Waals surface area contributed by atoms with Gasteiger partial charge in [0.05, 0.1) is 24.9 Å². The predicted molar refractivity (Wildman–Crippen MR) is 103 cm³/mol. The number of nitrogens with one attached hydrogen (secondary N) is 2. The summed E-state index contributed by atoms with van der Waals surface area (Å²) in [4.78, 5) is 20.7. The van der Waals surface area contributed by atoms with E-state index in [9.17, 15) is 4.79 Å². The number of amides is 1. The first-order chi connectivity index (χ1) is 13.7. The van der Waals surface area contributed by atoms with Gasteiger partial charge in [-0.25, -0.2) is 14.8 Å². The van der Waals surface area contributed by atoms with Crippen LogP contribution in [0.2, 0.25) is 0 Å². The van der Waals surface area contributed by atoms with Crippen molar-refractivity contribution in [1.29, 1.82) is 0 Å². The molecule has 1 aromatic carbocycles. The molecule has 4 atom stereocenters. The van der Waals surface area contributed by atoms with Crippen molar-refractivity contribution in [2.75, 3.05) is 25.1 Å². The Labute approximate surface area is 162 Å². The van der Waals surface area contributed by atoms with Crippen molar-refractivity contribution in [3.05, 3.63) is 55.3 Å². The van der Waals surface area contributed by atoms with Crippen LogP contribution in [-0.4, -0.2) is 60.2 Å². The van der Waals surface area contributed by atoms with Crippen molar-refractivity contribution in [2.45, 2.75) is 24.4 Å². The molecule has 2 aliphatic rings. The predicted octanol–water partition coefficient (Wildman–Crippen LogP) is 2.00. The van der Waals surface area contributed by atoms with E-state index in [2.05, 4.69) is 27.2 Å². The number of hydrogen-bond acceptors (Lipinski definition) is 7. The van der Waals surface area contributed by atoms with E-state index >= 15 is 0 Å². The molecule has 146 valence electrons. The van der Waals surface area contributed by atoms with Crippen molar-refractivity contribution in [2.24, 2.45) is 0 Å². The van der Waals surface area contributed by atoms with Crippen LogP contribution in [0.5, 0.6) is 0 Å². The van der Waals surface area contributed by atoms with Gasteiger partial charge in [-0.2, -0.15) is 0 Å². The van der Waals surface area contributed by atoms with Crippen molar-refractivity contribution in [3.63, 3.8) is 0 Å². The quantitative estimate of drug-likeness (QED) is 0.738. The molecule has 8 heteroatoms. The molecule has 0 radical (unpaired) electrons. The van der Waals surface area contributed by atoms with E-state index in [-0.39, 0.29) is 18.2 Å². The van der Waals surface area contributed by atoms with Gasteiger partial charge >= 0.3 is 6.09 Å². The lowest BCUT2D eigenvalue weighted by Crippen LogP contribution is -2.39. The molecule has 3 heterocycles. The maximum atomic E-state index is 11.8. The minimum absolute atomic E-state index is 0.124. The Kier molecular flexibility index (Phi) is 5.50. The number of rotatable bonds is 6. The maximum absolute atomic E-state index is 11.8. The molecule has 2 N–H and O–H groups in total. The number of anilines is 1. The van der Waals surface area contributed by atoms with E-state index in [1.807, 2.05) is 36.4 Å². The molecular weight excluding hydrogens is 360 g/mol. The second kappa shape index (κ2) is 8.37. The Morgan fingerprint density at radius 3 is 2.86 bits per heavy atom. The van der Waals surface area contributed by atoms with Gasteiger partial charge in [0.25, 0.3) is 0 Å². The van der Waals surface area contributed by atoms with Crippen LogP contribution in [0.3, 0.4) is 0 Å². The van der Waals surface area contributed by atoms with Crippen LogP contribution in [0.15, 0.2) is 55.3 Å². The average molecular weight is 382 g/mol. The summed E-state index contributed by atoms with van der Waals surface area (Å²) >= 11 is 0. The van der Waals surface area contributed by atoms with Gasteiger partial charge in [-0.1, -0.05) is 36.4 Å². The maximum Gasteiger partial charge on any atom is 0.407 e. The van der Waals surface area contributed by atoms with E-state index in [0.717, 1.165) is 11.3 Å². The lowest BCUT2D eigenvalue weighted by atomic mass is 10.1. The SMILES string of the molecule is C=CCNC(=O)OC1COC2C(Nc3nccc(-c4ccccc4)n3)COC12. The Morgan fingerprint density at radius 1 is 1.21 bits per heavy atom. The fourth-order valence-electron chi connectivity index (χ4n) is 3.39. The molecule has 2 aliphatic heterocycles. The summed E-state index contributed by atoms with van der Waals surface area (Å²) in [6, 6.07) is 11.6. The first-order valence-electron chi connectivity index (χ1n) is 9.18. The van der Waals surface area contributed by atoms with Gasteiger partial charge in [0, 0.05) is 18.3 Å². The van der Waals surface area contributed by atoms with Crippen molar-refractivity contribution in [3.8, 4) is 11.3 Å². The second-order valence-electron chi connectivity index (χ2n) is 6.59. The van der Waals surface area contributed by atoms with Gasteiger partial charge in [0.15, 0.2) is 6.10 Å². The third-order valence-corrected chi connectivity index (χ3v) is 4.70. The number of hydrogen-bond donors (Lipinski definition) is 2. The van der Waals surface area contributed by atoms with Crippen LogP contribution in [-0.2, 0) is 14.2 Å². The van der Waals surface area contributed by atoms with Gasteiger partial charge in [0.1, 0.15) is 12.2 Å². The third-order valence-electron chi connectivity index (χ3n) is 4.70. The van der Waals surface area contributed by atoms with E-state index in [1.54, 1.807) is 12.3 Å². The zero-order valence-corrected chi connectivity index (χ0v) is 15.3. The first-order valence-corrected chi connectivity index (χ1v) is 9.18. The number of ether oxygens (including phenoxy) is 3. The summed E-state index contributed by atoms with van der Waals surface area (Å²) in [5.41, 5.74) is 1.85. The topological polar surface area (TPSA) is 94.6 Å². The lowest BCUT2D eigenvalue weighted by molar-refractivity contribution is 0.00475. The molecule has 28 heavy (non-hydrogen) atoms. The average Bonchev–Trinajstić information content (AvgIpc) is 3.31. The first kappa shape index (κ1) is 18.4. The third kappa shape index (κ3) is 3.97. The summed E-state index contributed by atoms with van der Waals surface area (Å²) in [5.74, 6) is 0.507. The van der Waals surface area contributed by atoms with E-state index in [4.69, 9.17) is 14.2 Å². The fourth-order valence-corrected chi connectivity index (χ4v) is 3.39. The molecule has 1 aromatic heterocycles. The van der Waals surface area contributed by atoms with Crippen LogP contribution in [0.4, 0.5) is 10.7 Å². The standard InChI is InChI=1S/C20H22N4O4/c1-2-9-22-20(25)28-16-12-27-17-15(11-26-18(16)17)24-19-21-10-8-14(23-19)13-6-4-3-5-7-13/h2-8,10,15-18H,1,9,11-12H2,(H,22,25)(H,21,23,24). The van der Waals surface area contributed by atoms with E-state index in [1.165, 1.54) is 0 Å². The van der Waals surface area contributed by atoms with E-state index < -0.39 is 12.2 Å². The van der Waals surface area contributed by atoms with Gasteiger partial charge in [-0.3, -0.25) is 0 Å². The van der Waals surface area contributed by atoms with Gasteiger partial charge in [0.2, 0.25) is 5.95 Å². The summed E-state index contributed by atoms with van der Waals surface area (Å²) < 4.78 is 17.0. The molecule has 2 saturated heterocycles. The normalized spacial score (nSPS) is 25.7. The largest absolute Gasteiger partial charge is 0.441 e. The molecule has 0 bridgehead atoms. The highest BCUT2D eigenvalue weighted by Crippen LogP contribution is 2.30. The second-order valence-corrected chi connectivity index (χ2v) is 6.59. The number of fused-ring (bicyclic) bond motifs is 1. The zero-order chi connectivity index (χ0) is 19.3. The van der Waals surface area contributed by atoms with Gasteiger partial charge < -0.3 is 24.8 Å². The van der Waals surface area contributed by atoms with Gasteiger partial charge in [-0.15, -0.1) is 6.58 Å². The Balaban J connectivity index is 1.38. The molecule has 0 saturated carbocycles. The van der Waals surface area contributed by atoms with Crippen LogP contribution in [0.1, 0.15) is 0 Å². The fraction of sp³-hybridized carbons (Fsp3) is 0.350. The monoisotopic (exact) mass is 382 g/mol. The molecule has 2 fully saturated rings. The van der Waals surface area contributed by atoms with Gasteiger partial charge in [-0.05, 0) is 6.07 Å². The van der Waals surface area contributed by atoms with Crippen LogP contribution < -0.4 is 10.6 Å². The summed E-state index contributed by atoms with van der Waals surface area (Å²) in [5, 5.41) is 5.87. The Hall–Kier alpha value is -2.97. The van der Waals surface area contributed by atoms with Crippen molar-refractivity contribution < 1.29 is 19.0 Å². The number of nitrogens with zero attached hydrogens (tertiary/aromatic N) is 2. The van der Waals surface area contributed by atoms with Crippen molar-refractivity contribution >= 4 is 12.0 Å². The number of benzene rings is 1. The summed E-state index contributed by atoms with van der Waals surface area (Å²) in [6.07, 6.45) is 1.80. The molecule has 4 unspecified atom stereocenters. The lowest BCUT2D eigenvalue weighted by Gasteiger charge is -2.18. The molecular formula is C20H22N4O4. The molecule has 8 nitrogen and oxygen atoms in total. The minimum atomic E-state index is -0.506. The molecule has 0 spiro atoms. The highest BCUT2D eigenvalue weighted by Gasteiger charge is 2.49. The Morgan fingerprint density at radius 2 is 2.04 bits per heavy atom. The van der Waals surface area contributed by atoms with Crippen molar-refractivity contribution in [1.82, 2.24) is 15.3 Å². The summed E-state index contributed by atoms with van der Waals surface area (Å²) in [7, 11) is 0. The number of aromatic nitrogens is 2. The smallest absolute Gasteiger partial charge is 0.407 e. The van der Waals surface area contributed by atoms with Crippen LogP contribution >= 0.6 is 0 Å². The zero-order valence-electron chi connectivity index (χ0n) is 15.3. The van der Waals surface area contributed by atoms with E-state index in [0.29, 0.717) is 25.7 Å². The van der Waals surface area contributed by atoms with Crippen LogP contribution in [0.25, 0.3) is 11.3 Å². The molecule has 0 aliphatic carbocycles. The number of carbonyl (C=O) groups is 1. The Bertz CT molecular complexity index is 832.